The van der Waals surface area contributed by atoms with Crippen molar-refractivity contribution in [1.29, 1.82) is 0 Å². The number of esters is 1. The Labute approximate surface area is 168 Å². The topological polar surface area (TPSA) is 52.1 Å². The smallest absolute Gasteiger partial charge is 0.337 e. The summed E-state index contributed by atoms with van der Waals surface area (Å²) >= 11 is 1.72. The minimum absolute atomic E-state index is 0.315. The molecule has 0 unspecified atom stereocenters. The Bertz CT molecular complexity index is 1050. The number of thioether (sulfide) groups is 1. The number of ether oxygens (including phenoxy) is 2. The molecule has 0 bridgehead atoms. The second kappa shape index (κ2) is 7.70. The van der Waals surface area contributed by atoms with Crippen molar-refractivity contribution in [1.82, 2.24) is 0 Å². The zero-order valence-corrected chi connectivity index (χ0v) is 16.9. The van der Waals surface area contributed by atoms with Gasteiger partial charge in [0.25, 0.3) is 0 Å². The first kappa shape index (κ1) is 18.6. The van der Waals surface area contributed by atoms with E-state index in [0.717, 1.165) is 28.3 Å². The quantitative estimate of drug-likeness (QED) is 0.627. The molecule has 2 N–H and O–H groups in total. The largest absolute Gasteiger partial charge is 0.497 e. The fourth-order valence-electron chi connectivity index (χ4n) is 3.60. The van der Waals surface area contributed by atoms with Crippen molar-refractivity contribution in [3.05, 3.63) is 76.9 Å². The fraction of sp³-hybridized carbons (Fsp3) is 0.174. The number of nitrogens with two attached hydrogens (primary N) is 1. The molecule has 0 radical (unpaired) electrons. The summed E-state index contributed by atoms with van der Waals surface area (Å²) in [6, 6.07) is 12.0. The Morgan fingerprint density at radius 1 is 1.11 bits per heavy atom. The highest BCUT2D eigenvalue weighted by Crippen LogP contribution is 2.52. The van der Waals surface area contributed by atoms with Gasteiger partial charge in [-0.2, -0.15) is 0 Å². The summed E-state index contributed by atoms with van der Waals surface area (Å²) in [6.45, 7) is 0. The van der Waals surface area contributed by atoms with Crippen LogP contribution >= 0.6 is 11.8 Å². The van der Waals surface area contributed by atoms with Gasteiger partial charge in [0.1, 0.15) is 11.4 Å². The molecule has 0 saturated carbocycles. The van der Waals surface area contributed by atoms with E-state index in [4.69, 9.17) is 9.47 Å². The number of quaternary nitrogens is 1. The lowest BCUT2D eigenvalue weighted by Gasteiger charge is -2.27. The number of hydrogen-bond acceptors (Lipinski definition) is 4. The molecule has 0 fully saturated rings. The molecular weight excluding hydrogens is 370 g/mol. The van der Waals surface area contributed by atoms with Gasteiger partial charge in [-0.1, -0.05) is 36.1 Å². The van der Waals surface area contributed by atoms with E-state index in [1.807, 2.05) is 31.3 Å². The molecule has 0 saturated heterocycles. The van der Waals surface area contributed by atoms with Crippen LogP contribution in [0, 0.1) is 0 Å². The molecule has 1 heterocycles. The molecule has 4 nitrogen and oxygen atoms in total. The number of fused-ring (bicyclic) bond motifs is 3. The molecule has 28 heavy (non-hydrogen) atoms. The number of benzene rings is 2. The van der Waals surface area contributed by atoms with E-state index >= 15 is 0 Å². The molecule has 0 amide bonds. The third-order valence-electron chi connectivity index (χ3n) is 5.04. The van der Waals surface area contributed by atoms with Crippen LogP contribution in [-0.4, -0.2) is 27.2 Å². The average molecular weight is 393 g/mol. The lowest BCUT2D eigenvalue weighted by atomic mass is 9.89. The standard InChI is InChI=1S/C23H21NO3S/c1-24-20-13-15(26-2)9-11-19(20)22-18-7-5-4-6-16(18)17-10-8-14(23(25)27-3)12-21(17)28-22/h4-6,8-13,24H,7H2,1-3H3/p+1. The summed E-state index contributed by atoms with van der Waals surface area (Å²) in [5.74, 6) is 0.528. The summed E-state index contributed by atoms with van der Waals surface area (Å²) in [5.41, 5.74) is 6.59. The van der Waals surface area contributed by atoms with E-state index in [-0.39, 0.29) is 5.97 Å². The zero-order chi connectivity index (χ0) is 19.7. The first-order valence-corrected chi connectivity index (χ1v) is 9.96. The van der Waals surface area contributed by atoms with Crippen molar-refractivity contribution in [2.75, 3.05) is 21.3 Å². The van der Waals surface area contributed by atoms with E-state index < -0.39 is 0 Å². The van der Waals surface area contributed by atoms with E-state index in [2.05, 4.69) is 35.7 Å². The van der Waals surface area contributed by atoms with Crippen LogP contribution in [0.15, 0.2) is 65.1 Å². The van der Waals surface area contributed by atoms with E-state index in [9.17, 15) is 4.79 Å². The van der Waals surface area contributed by atoms with E-state index in [1.54, 1.807) is 18.9 Å². The number of rotatable bonds is 4. The predicted molar refractivity (Wildman–Crippen MR) is 113 cm³/mol. The second-order valence-corrected chi connectivity index (χ2v) is 7.62. The summed E-state index contributed by atoms with van der Waals surface area (Å²) in [4.78, 5) is 14.3. The van der Waals surface area contributed by atoms with Crippen LogP contribution in [0.3, 0.4) is 0 Å². The van der Waals surface area contributed by atoms with Gasteiger partial charge in [0.2, 0.25) is 0 Å². The van der Waals surface area contributed by atoms with Gasteiger partial charge < -0.3 is 14.8 Å². The van der Waals surface area contributed by atoms with E-state index in [1.165, 1.54) is 28.7 Å². The maximum Gasteiger partial charge on any atom is 0.337 e. The van der Waals surface area contributed by atoms with Crippen molar-refractivity contribution in [2.24, 2.45) is 0 Å². The Morgan fingerprint density at radius 2 is 1.93 bits per heavy atom. The van der Waals surface area contributed by atoms with Crippen molar-refractivity contribution >= 4 is 33.9 Å². The van der Waals surface area contributed by atoms with Crippen LogP contribution in [0.5, 0.6) is 5.75 Å². The van der Waals surface area contributed by atoms with Gasteiger partial charge in [0.05, 0.1) is 26.8 Å². The third-order valence-corrected chi connectivity index (χ3v) is 6.27. The minimum Gasteiger partial charge on any atom is -0.497 e. The molecular formula is C23H22NO3S+. The van der Waals surface area contributed by atoms with Crippen LogP contribution < -0.4 is 10.1 Å². The van der Waals surface area contributed by atoms with Crippen LogP contribution in [-0.2, 0) is 4.74 Å². The minimum atomic E-state index is -0.315. The normalized spacial score (nSPS) is 14.9. The highest BCUT2D eigenvalue weighted by atomic mass is 32.2. The highest BCUT2D eigenvalue weighted by Gasteiger charge is 2.27. The Morgan fingerprint density at radius 3 is 2.68 bits per heavy atom. The van der Waals surface area contributed by atoms with Crippen molar-refractivity contribution in [2.45, 2.75) is 11.3 Å². The second-order valence-electron chi connectivity index (χ2n) is 6.57. The third kappa shape index (κ3) is 3.17. The molecule has 2 aromatic carbocycles. The van der Waals surface area contributed by atoms with Gasteiger partial charge in [-0.3, -0.25) is 0 Å². The number of allylic oxidation sites excluding steroid dienone is 5. The highest BCUT2D eigenvalue weighted by molar-refractivity contribution is 8.08. The fourth-order valence-corrected chi connectivity index (χ4v) is 4.91. The average Bonchev–Trinajstić information content (AvgIpc) is 2.77. The summed E-state index contributed by atoms with van der Waals surface area (Å²) in [5, 5.41) is 2.11. The van der Waals surface area contributed by atoms with Crippen molar-refractivity contribution < 1.29 is 19.6 Å². The Kier molecular flexibility index (Phi) is 5.11. The van der Waals surface area contributed by atoms with Gasteiger partial charge in [-0.25, -0.2) is 4.79 Å². The molecule has 2 aliphatic rings. The van der Waals surface area contributed by atoms with Gasteiger partial charge in [0.15, 0.2) is 0 Å². The van der Waals surface area contributed by atoms with Crippen LogP contribution in [0.2, 0.25) is 0 Å². The summed E-state index contributed by atoms with van der Waals surface area (Å²) in [7, 11) is 5.13. The van der Waals surface area contributed by atoms with Gasteiger partial charge in [-0.15, -0.1) is 0 Å². The maximum atomic E-state index is 12.0. The first-order chi connectivity index (χ1) is 13.7. The lowest BCUT2D eigenvalue weighted by molar-refractivity contribution is -0.539. The molecule has 0 aromatic heterocycles. The monoisotopic (exact) mass is 392 g/mol. The maximum absolute atomic E-state index is 12.0. The van der Waals surface area contributed by atoms with Crippen LogP contribution in [0.4, 0.5) is 5.69 Å². The summed E-state index contributed by atoms with van der Waals surface area (Å²) < 4.78 is 10.3. The molecule has 2 aromatic rings. The SMILES string of the molecule is C[NH2+]c1cc(OC)ccc1C1=C2CC=CC=C2c2ccc(C(=O)OC)cc2S1. The van der Waals surface area contributed by atoms with Crippen LogP contribution in [0.1, 0.15) is 27.9 Å². The lowest BCUT2D eigenvalue weighted by Crippen LogP contribution is -2.73. The predicted octanol–water partition coefficient (Wildman–Crippen LogP) is 4.17. The van der Waals surface area contributed by atoms with E-state index in [0.29, 0.717) is 5.56 Å². The molecule has 1 aliphatic carbocycles. The van der Waals surface area contributed by atoms with Gasteiger partial charge >= 0.3 is 5.97 Å². The molecule has 0 spiro atoms. The number of methoxy groups -OCH3 is 2. The molecule has 4 rings (SSSR count). The van der Waals surface area contributed by atoms with Gasteiger partial charge in [0, 0.05) is 21.4 Å². The number of hydrogen-bond donors (Lipinski definition) is 1. The van der Waals surface area contributed by atoms with Crippen molar-refractivity contribution in [3.8, 4) is 5.75 Å². The van der Waals surface area contributed by atoms with Crippen LogP contribution in [0.25, 0.3) is 10.5 Å². The summed E-state index contributed by atoms with van der Waals surface area (Å²) in [6.07, 6.45) is 7.34. The van der Waals surface area contributed by atoms with Gasteiger partial charge in [-0.05, 0) is 47.4 Å². The Balaban J connectivity index is 1.88. The molecule has 142 valence electrons. The molecule has 1 aliphatic heterocycles. The molecule has 5 heteroatoms. The first-order valence-electron chi connectivity index (χ1n) is 9.15. The molecule has 0 atom stereocenters. The Hall–Kier alpha value is -2.76. The zero-order valence-electron chi connectivity index (χ0n) is 16.1. The van der Waals surface area contributed by atoms with Crippen molar-refractivity contribution in [3.63, 3.8) is 0 Å². The number of carbonyl (C=O) groups excluding carboxylic acids is 1. The number of carbonyl (C=O) groups is 1.